The van der Waals surface area contributed by atoms with Gasteiger partial charge in [0.05, 0.1) is 11.9 Å². The van der Waals surface area contributed by atoms with Crippen LogP contribution in [0, 0.1) is 0 Å². The SMILES string of the molecule is FCC1=CC=C(CNc2ccc(Cc3c[nH]c4c3=CC(Cl)CN=4)cn2)CC1. The Kier molecular flexibility index (Phi) is 5.39. The normalized spacial score (nSPS) is 18.7. The summed E-state index contributed by atoms with van der Waals surface area (Å²) in [6.07, 6.45) is 12.4. The van der Waals surface area contributed by atoms with Gasteiger partial charge in [-0.25, -0.2) is 9.37 Å². The summed E-state index contributed by atoms with van der Waals surface area (Å²) in [4.78, 5) is 12.2. The number of anilines is 1. The minimum atomic E-state index is -0.345. The fraction of sp³-hybridized carbons (Fsp3) is 0.333. The van der Waals surface area contributed by atoms with E-state index in [1.807, 2.05) is 30.6 Å². The first kappa shape index (κ1) is 18.0. The van der Waals surface area contributed by atoms with Crippen molar-refractivity contribution in [2.24, 2.45) is 4.99 Å². The van der Waals surface area contributed by atoms with Crippen LogP contribution in [0.2, 0.25) is 0 Å². The Balaban J connectivity index is 1.39. The zero-order chi connectivity index (χ0) is 18.6. The summed E-state index contributed by atoms with van der Waals surface area (Å²) in [6.45, 7) is 1.01. The number of hydrogen-bond donors (Lipinski definition) is 2. The molecule has 0 amide bonds. The fourth-order valence-electron chi connectivity index (χ4n) is 3.38. The van der Waals surface area contributed by atoms with Gasteiger partial charge in [0.25, 0.3) is 0 Å². The Bertz CT molecular complexity index is 988. The van der Waals surface area contributed by atoms with Crippen molar-refractivity contribution in [2.75, 3.05) is 25.1 Å². The molecular formula is C21H22ClFN4. The number of H-pyrrole nitrogens is 1. The highest BCUT2D eigenvalue weighted by Crippen LogP contribution is 2.19. The van der Waals surface area contributed by atoms with Crippen LogP contribution in [-0.2, 0) is 6.42 Å². The van der Waals surface area contributed by atoms with Crippen LogP contribution in [0.1, 0.15) is 24.0 Å². The molecule has 2 aromatic rings. The van der Waals surface area contributed by atoms with Gasteiger partial charge < -0.3 is 10.3 Å². The average molecular weight is 385 g/mol. The first-order valence-electron chi connectivity index (χ1n) is 9.20. The van der Waals surface area contributed by atoms with Crippen molar-refractivity contribution in [3.63, 3.8) is 0 Å². The summed E-state index contributed by atoms with van der Waals surface area (Å²) >= 11 is 6.20. The zero-order valence-corrected chi connectivity index (χ0v) is 15.8. The van der Waals surface area contributed by atoms with Crippen LogP contribution >= 0.6 is 11.6 Å². The van der Waals surface area contributed by atoms with Gasteiger partial charge in [-0.1, -0.05) is 29.9 Å². The van der Waals surface area contributed by atoms with Gasteiger partial charge in [-0.3, -0.25) is 4.99 Å². The fourth-order valence-corrected chi connectivity index (χ4v) is 3.57. The van der Waals surface area contributed by atoms with Crippen molar-refractivity contribution in [1.29, 1.82) is 0 Å². The number of aromatic amines is 1. The predicted molar refractivity (Wildman–Crippen MR) is 107 cm³/mol. The van der Waals surface area contributed by atoms with Crippen LogP contribution < -0.4 is 16.0 Å². The maximum atomic E-state index is 12.6. The molecule has 0 bridgehead atoms. The lowest BCUT2D eigenvalue weighted by atomic mass is 9.99. The highest BCUT2D eigenvalue weighted by atomic mass is 35.5. The van der Waals surface area contributed by atoms with E-state index in [1.54, 1.807) is 0 Å². The van der Waals surface area contributed by atoms with Crippen LogP contribution in [-0.4, -0.2) is 35.1 Å². The molecule has 0 saturated carbocycles. The Morgan fingerprint density at radius 1 is 1.22 bits per heavy atom. The number of fused-ring (bicyclic) bond motifs is 1. The van der Waals surface area contributed by atoms with Gasteiger partial charge in [0, 0.05) is 30.6 Å². The van der Waals surface area contributed by atoms with Gasteiger partial charge in [0.2, 0.25) is 0 Å². The van der Waals surface area contributed by atoms with E-state index < -0.39 is 0 Å². The van der Waals surface area contributed by atoms with Crippen molar-refractivity contribution >= 4 is 23.5 Å². The highest BCUT2D eigenvalue weighted by molar-refractivity contribution is 6.24. The number of hydrogen-bond acceptors (Lipinski definition) is 3. The van der Waals surface area contributed by atoms with Gasteiger partial charge >= 0.3 is 0 Å². The van der Waals surface area contributed by atoms with E-state index >= 15 is 0 Å². The standard InChI is InChI=1S/C21H22ClFN4/c22-18-8-19-17(12-26-21(19)27-13-18)7-16-5-6-20(25-11-16)24-10-15-3-1-14(9-23)2-4-15/h1,3,5-6,8,11-12,18H,2,4,7,9-10,13H2,(H,24,25)(H,26,27). The molecule has 2 aliphatic rings. The first-order chi connectivity index (χ1) is 13.2. The molecule has 1 aliphatic carbocycles. The summed E-state index contributed by atoms with van der Waals surface area (Å²) < 4.78 is 12.6. The third-order valence-electron chi connectivity index (χ3n) is 4.97. The first-order valence-corrected chi connectivity index (χ1v) is 9.64. The Morgan fingerprint density at radius 2 is 2.07 bits per heavy atom. The van der Waals surface area contributed by atoms with Gasteiger partial charge in [0.15, 0.2) is 0 Å². The molecule has 1 atom stereocenters. The zero-order valence-electron chi connectivity index (χ0n) is 15.0. The van der Waals surface area contributed by atoms with Gasteiger partial charge in [-0.2, -0.15) is 0 Å². The maximum Gasteiger partial charge on any atom is 0.132 e. The molecular weight excluding hydrogens is 363 g/mol. The van der Waals surface area contributed by atoms with Crippen molar-refractivity contribution in [2.45, 2.75) is 24.6 Å². The largest absolute Gasteiger partial charge is 0.366 e. The molecule has 1 unspecified atom stereocenters. The Hall–Kier alpha value is -2.40. The second-order valence-corrected chi connectivity index (χ2v) is 7.53. The lowest BCUT2D eigenvalue weighted by Gasteiger charge is -2.14. The number of rotatable bonds is 6. The van der Waals surface area contributed by atoms with E-state index in [-0.39, 0.29) is 12.1 Å². The number of nitrogens with one attached hydrogen (secondary N) is 2. The van der Waals surface area contributed by atoms with Gasteiger partial charge in [-0.15, -0.1) is 11.6 Å². The lowest BCUT2D eigenvalue weighted by Crippen LogP contribution is -2.32. The quantitative estimate of drug-likeness (QED) is 0.752. The number of allylic oxidation sites excluding steroid dienone is 3. The second kappa shape index (κ2) is 8.09. The van der Waals surface area contributed by atoms with Gasteiger partial charge in [0.1, 0.15) is 18.0 Å². The summed E-state index contributed by atoms with van der Waals surface area (Å²) in [5.41, 5.74) is 5.38. The molecule has 4 rings (SSSR count). The number of aromatic nitrogens is 2. The minimum absolute atomic E-state index is 0.0401. The monoisotopic (exact) mass is 384 g/mol. The van der Waals surface area contributed by atoms with Crippen molar-refractivity contribution in [3.8, 4) is 0 Å². The molecule has 27 heavy (non-hydrogen) atoms. The summed E-state index contributed by atoms with van der Waals surface area (Å²) in [5, 5.41) is 4.41. The summed E-state index contributed by atoms with van der Waals surface area (Å²) in [6, 6.07) is 4.09. The molecule has 2 aromatic heterocycles. The maximum absolute atomic E-state index is 12.6. The summed E-state index contributed by atoms with van der Waals surface area (Å²) in [5.74, 6) is 0.846. The lowest BCUT2D eigenvalue weighted by molar-refractivity contribution is 0.529. The topological polar surface area (TPSA) is 53.1 Å². The van der Waals surface area contributed by atoms with Crippen LogP contribution in [0.25, 0.3) is 6.08 Å². The molecule has 2 N–H and O–H groups in total. The van der Waals surface area contributed by atoms with Crippen LogP contribution in [0.3, 0.4) is 0 Å². The Labute approximate surface area is 162 Å². The van der Waals surface area contributed by atoms with E-state index in [2.05, 4.69) is 32.4 Å². The number of nitrogens with zero attached hydrogens (tertiary/aromatic N) is 2. The van der Waals surface area contributed by atoms with Gasteiger partial charge in [-0.05, 0) is 35.6 Å². The average Bonchev–Trinajstić information content (AvgIpc) is 3.10. The van der Waals surface area contributed by atoms with Crippen molar-refractivity contribution < 1.29 is 4.39 Å². The molecule has 4 nitrogen and oxygen atoms in total. The van der Waals surface area contributed by atoms with Crippen molar-refractivity contribution in [3.05, 3.63) is 69.7 Å². The second-order valence-electron chi connectivity index (χ2n) is 6.97. The molecule has 0 fully saturated rings. The molecule has 140 valence electrons. The number of alkyl halides is 2. The van der Waals surface area contributed by atoms with Crippen LogP contribution in [0.15, 0.2) is 52.8 Å². The van der Waals surface area contributed by atoms with E-state index in [1.165, 1.54) is 11.1 Å². The third kappa shape index (κ3) is 4.30. The van der Waals surface area contributed by atoms with Crippen LogP contribution in [0.5, 0.6) is 0 Å². The Morgan fingerprint density at radius 3 is 2.81 bits per heavy atom. The summed E-state index contributed by atoms with van der Waals surface area (Å²) in [7, 11) is 0. The van der Waals surface area contributed by atoms with E-state index in [4.69, 9.17) is 11.6 Å². The van der Waals surface area contributed by atoms with E-state index in [0.29, 0.717) is 6.54 Å². The van der Waals surface area contributed by atoms with E-state index in [0.717, 1.165) is 53.5 Å². The van der Waals surface area contributed by atoms with E-state index in [9.17, 15) is 4.39 Å². The molecule has 3 heterocycles. The third-order valence-corrected chi connectivity index (χ3v) is 5.23. The smallest absolute Gasteiger partial charge is 0.132 e. The minimum Gasteiger partial charge on any atom is -0.366 e. The number of pyridine rings is 1. The number of halogens is 2. The molecule has 0 saturated heterocycles. The predicted octanol–water partition coefficient (Wildman–Crippen LogP) is 3.05. The van der Waals surface area contributed by atoms with Crippen LogP contribution in [0.4, 0.5) is 10.2 Å². The molecule has 0 spiro atoms. The molecule has 0 aromatic carbocycles. The molecule has 0 radical (unpaired) electrons. The molecule has 6 heteroatoms. The molecule has 1 aliphatic heterocycles. The van der Waals surface area contributed by atoms with Crippen molar-refractivity contribution in [1.82, 2.24) is 9.97 Å². The highest BCUT2D eigenvalue weighted by Gasteiger charge is 2.10.